The molecular weight excluding hydrogens is 458 g/mol. The second-order valence-corrected chi connectivity index (χ2v) is 9.93. The Labute approximate surface area is 212 Å². The smallest absolute Gasteiger partial charge is 0.257 e. The van der Waals surface area contributed by atoms with E-state index in [1.165, 1.54) is 0 Å². The Morgan fingerprint density at radius 1 is 1.08 bits per heavy atom. The van der Waals surface area contributed by atoms with Crippen molar-refractivity contribution < 1.29 is 23.9 Å². The fourth-order valence-electron chi connectivity index (χ4n) is 4.72. The highest BCUT2D eigenvalue weighted by Gasteiger charge is 2.39. The number of benzene rings is 2. The third-order valence-electron chi connectivity index (χ3n) is 6.89. The van der Waals surface area contributed by atoms with E-state index in [0.717, 1.165) is 5.56 Å². The van der Waals surface area contributed by atoms with Gasteiger partial charge >= 0.3 is 0 Å². The van der Waals surface area contributed by atoms with Gasteiger partial charge in [-0.1, -0.05) is 44.2 Å². The van der Waals surface area contributed by atoms with Gasteiger partial charge in [0.1, 0.15) is 18.5 Å². The Balaban J connectivity index is 1.40. The Kier molecular flexibility index (Phi) is 7.94. The molecule has 2 aliphatic heterocycles. The van der Waals surface area contributed by atoms with E-state index in [1.54, 1.807) is 30.1 Å². The zero-order chi connectivity index (χ0) is 25.8. The normalized spacial score (nSPS) is 22.4. The summed E-state index contributed by atoms with van der Waals surface area (Å²) in [5, 5.41) is 5.89. The third kappa shape index (κ3) is 5.87. The summed E-state index contributed by atoms with van der Waals surface area (Å²) in [4.78, 5) is 39.8. The first-order chi connectivity index (χ1) is 17.2. The summed E-state index contributed by atoms with van der Waals surface area (Å²) in [6, 6.07) is 14.7. The number of carbonyl (C=O) groups is 3. The molecule has 4 atom stereocenters. The van der Waals surface area contributed by atoms with Crippen LogP contribution < -0.4 is 15.4 Å². The Morgan fingerprint density at radius 2 is 1.83 bits per heavy atom. The quantitative estimate of drug-likeness (QED) is 0.636. The fraction of sp³-hybridized carbons (Fsp3) is 0.464. The van der Waals surface area contributed by atoms with Crippen LogP contribution in [0.3, 0.4) is 0 Å². The summed E-state index contributed by atoms with van der Waals surface area (Å²) in [5.41, 5.74) is 2.02. The molecule has 0 bridgehead atoms. The van der Waals surface area contributed by atoms with Gasteiger partial charge in [-0.25, -0.2) is 0 Å². The van der Waals surface area contributed by atoms with Crippen LogP contribution in [0.15, 0.2) is 48.5 Å². The lowest BCUT2D eigenvalue weighted by Crippen LogP contribution is -2.54. The number of likely N-dealkylation sites (N-methyl/N-ethyl adjacent to an activating group) is 1. The van der Waals surface area contributed by atoms with Crippen molar-refractivity contribution >= 4 is 23.4 Å². The average molecular weight is 494 g/mol. The maximum atomic E-state index is 13.3. The van der Waals surface area contributed by atoms with Gasteiger partial charge in [-0.3, -0.25) is 14.4 Å². The standard InChI is InChI=1S/C28H35N3O5/c1-17(2)27(33)30-20-10-13-24-22(14-20)28(34)31(4)23-12-11-21(36-25(23)16-35-24)15-26(32)29-18(3)19-8-6-5-7-9-19/h5-10,13-14,17-18,21,23,25H,11-12,15-16H2,1-4H3,(H,29,32)(H,30,33)/t18-,21-,23+,25+/m1/s1. The lowest BCUT2D eigenvalue weighted by atomic mass is 9.94. The molecule has 0 saturated carbocycles. The molecule has 2 aromatic rings. The summed E-state index contributed by atoms with van der Waals surface area (Å²) in [5.74, 6) is -0.0769. The zero-order valence-electron chi connectivity index (χ0n) is 21.3. The van der Waals surface area contributed by atoms with Crippen LogP contribution in [-0.2, 0) is 14.3 Å². The van der Waals surface area contributed by atoms with Crippen molar-refractivity contribution in [1.29, 1.82) is 0 Å². The van der Waals surface area contributed by atoms with Crippen LogP contribution in [-0.4, -0.2) is 54.5 Å². The molecular formula is C28H35N3O5. The molecule has 8 heteroatoms. The van der Waals surface area contributed by atoms with Gasteiger partial charge in [0.2, 0.25) is 11.8 Å². The minimum Gasteiger partial charge on any atom is -0.490 e. The fourth-order valence-corrected chi connectivity index (χ4v) is 4.72. The van der Waals surface area contributed by atoms with Crippen LogP contribution in [0, 0.1) is 5.92 Å². The van der Waals surface area contributed by atoms with Crippen LogP contribution in [0.1, 0.15) is 62.0 Å². The van der Waals surface area contributed by atoms with Crippen molar-refractivity contribution in [2.45, 2.75) is 64.3 Å². The van der Waals surface area contributed by atoms with E-state index in [9.17, 15) is 14.4 Å². The third-order valence-corrected chi connectivity index (χ3v) is 6.89. The lowest BCUT2D eigenvalue weighted by molar-refractivity contribution is -0.134. The molecule has 1 fully saturated rings. The van der Waals surface area contributed by atoms with Gasteiger partial charge < -0.3 is 25.0 Å². The Hall–Kier alpha value is -3.39. The Bertz CT molecular complexity index is 1100. The van der Waals surface area contributed by atoms with E-state index in [2.05, 4.69) is 10.6 Å². The summed E-state index contributed by atoms with van der Waals surface area (Å²) in [6.07, 6.45) is 1.05. The molecule has 192 valence electrons. The number of carbonyl (C=O) groups excluding carboxylic acids is 3. The molecule has 0 unspecified atom stereocenters. The number of ether oxygens (including phenoxy) is 2. The minimum atomic E-state index is -0.342. The number of nitrogens with one attached hydrogen (secondary N) is 2. The summed E-state index contributed by atoms with van der Waals surface area (Å²) >= 11 is 0. The molecule has 0 spiro atoms. The molecule has 3 amide bonds. The summed E-state index contributed by atoms with van der Waals surface area (Å²) in [7, 11) is 1.77. The maximum absolute atomic E-state index is 13.3. The van der Waals surface area contributed by atoms with E-state index >= 15 is 0 Å². The van der Waals surface area contributed by atoms with Gasteiger partial charge in [0.25, 0.3) is 5.91 Å². The van der Waals surface area contributed by atoms with Crippen LogP contribution in [0.4, 0.5) is 5.69 Å². The van der Waals surface area contributed by atoms with Crippen LogP contribution >= 0.6 is 0 Å². The van der Waals surface area contributed by atoms with Crippen LogP contribution in [0.5, 0.6) is 5.75 Å². The van der Waals surface area contributed by atoms with Crippen molar-refractivity contribution in [1.82, 2.24) is 10.2 Å². The van der Waals surface area contributed by atoms with Crippen molar-refractivity contribution in [2.24, 2.45) is 5.92 Å². The molecule has 0 aromatic heterocycles. The molecule has 2 aromatic carbocycles. The predicted octanol–water partition coefficient (Wildman–Crippen LogP) is 3.93. The first kappa shape index (κ1) is 25.7. The van der Waals surface area contributed by atoms with E-state index in [-0.39, 0.29) is 61.0 Å². The largest absolute Gasteiger partial charge is 0.490 e. The van der Waals surface area contributed by atoms with Crippen LogP contribution in [0.25, 0.3) is 0 Å². The highest BCUT2D eigenvalue weighted by molar-refractivity contribution is 6.00. The predicted molar refractivity (Wildman–Crippen MR) is 137 cm³/mol. The number of hydrogen-bond acceptors (Lipinski definition) is 5. The van der Waals surface area contributed by atoms with E-state index < -0.39 is 0 Å². The minimum absolute atomic E-state index is 0.0627. The highest BCUT2D eigenvalue weighted by atomic mass is 16.5. The van der Waals surface area contributed by atoms with Gasteiger partial charge in [0.05, 0.1) is 30.2 Å². The average Bonchev–Trinajstić information content (AvgIpc) is 2.86. The molecule has 4 rings (SSSR count). The van der Waals surface area contributed by atoms with Crippen molar-refractivity contribution in [3.63, 3.8) is 0 Å². The number of hydrogen-bond donors (Lipinski definition) is 2. The zero-order valence-corrected chi connectivity index (χ0v) is 21.3. The highest BCUT2D eigenvalue weighted by Crippen LogP contribution is 2.32. The van der Waals surface area contributed by atoms with Crippen molar-refractivity contribution in [3.05, 3.63) is 59.7 Å². The number of fused-ring (bicyclic) bond motifs is 2. The number of nitrogens with zero attached hydrogens (tertiary/aromatic N) is 1. The molecule has 36 heavy (non-hydrogen) atoms. The number of rotatable bonds is 6. The van der Waals surface area contributed by atoms with Crippen molar-refractivity contribution in [2.75, 3.05) is 19.0 Å². The SMILES string of the molecule is CC(C)C(=O)Nc1ccc2c(c1)C(=O)N(C)[C@H]1CC[C@H](CC(=O)N[C@H](C)c3ccccc3)O[C@H]1CO2. The second kappa shape index (κ2) is 11.1. The van der Waals surface area contributed by atoms with E-state index in [1.807, 2.05) is 51.1 Å². The molecule has 2 N–H and O–H groups in total. The molecule has 1 saturated heterocycles. The van der Waals surface area contributed by atoms with Gasteiger partial charge in [0.15, 0.2) is 0 Å². The lowest BCUT2D eigenvalue weighted by Gasteiger charge is -2.42. The second-order valence-electron chi connectivity index (χ2n) is 9.93. The van der Waals surface area contributed by atoms with E-state index in [0.29, 0.717) is 29.8 Å². The monoisotopic (exact) mass is 493 g/mol. The van der Waals surface area contributed by atoms with Gasteiger partial charge in [-0.2, -0.15) is 0 Å². The molecule has 2 heterocycles. The van der Waals surface area contributed by atoms with Crippen LogP contribution in [0.2, 0.25) is 0 Å². The first-order valence-corrected chi connectivity index (χ1v) is 12.6. The number of amides is 3. The Morgan fingerprint density at radius 3 is 2.56 bits per heavy atom. The first-order valence-electron chi connectivity index (χ1n) is 12.6. The van der Waals surface area contributed by atoms with Gasteiger partial charge in [-0.15, -0.1) is 0 Å². The topological polar surface area (TPSA) is 97.0 Å². The molecule has 8 nitrogen and oxygen atoms in total. The summed E-state index contributed by atoms with van der Waals surface area (Å²) in [6.45, 7) is 5.86. The maximum Gasteiger partial charge on any atom is 0.257 e. The molecule has 2 aliphatic rings. The summed E-state index contributed by atoms with van der Waals surface area (Å²) < 4.78 is 12.3. The number of anilines is 1. The molecule has 0 radical (unpaired) electrons. The molecule has 0 aliphatic carbocycles. The van der Waals surface area contributed by atoms with Gasteiger partial charge in [0, 0.05) is 18.7 Å². The van der Waals surface area contributed by atoms with E-state index in [4.69, 9.17) is 9.47 Å². The van der Waals surface area contributed by atoms with Gasteiger partial charge in [-0.05, 0) is 43.5 Å². The van der Waals surface area contributed by atoms with Crippen molar-refractivity contribution in [3.8, 4) is 5.75 Å².